The van der Waals surface area contributed by atoms with Crippen LogP contribution < -0.4 is 0 Å². The maximum absolute atomic E-state index is 17.8. The number of fused-ring (bicyclic) bond motifs is 4. The number of carbonyl (C=O) groups excluding carboxylic acids is 4. The molecule has 4 aliphatic rings. The van der Waals surface area contributed by atoms with Gasteiger partial charge in [-0.3, -0.25) is 19.2 Å². The molecule has 0 bridgehead atoms. The van der Waals surface area contributed by atoms with Crippen LogP contribution in [0.25, 0.3) is 33.7 Å². The quantitative estimate of drug-likeness (QED) is 0.0309. The van der Waals surface area contributed by atoms with Crippen molar-refractivity contribution >= 4 is 76.5 Å². The number of methoxy groups -OCH3 is 4. The van der Waals surface area contributed by atoms with Gasteiger partial charge in [0.05, 0.1) is 28.4 Å². The van der Waals surface area contributed by atoms with Gasteiger partial charge in [-0.1, -0.05) is 148 Å². The molecule has 0 aliphatic carbocycles. The Bertz CT molecular complexity index is 4030. The van der Waals surface area contributed by atoms with Gasteiger partial charge in [0, 0.05) is 81.9 Å². The van der Waals surface area contributed by atoms with Crippen LogP contribution in [0.4, 0.5) is 17.3 Å². The van der Waals surface area contributed by atoms with Crippen LogP contribution in [-0.2, 0) is 51.0 Å². The van der Waals surface area contributed by atoms with E-state index in [9.17, 15) is 19.2 Å². The molecule has 0 radical (unpaired) electrons. The summed E-state index contributed by atoms with van der Waals surface area (Å²) in [5.74, 6) is 5.13. The third-order valence-corrected chi connectivity index (χ3v) is 18.8. The van der Waals surface area contributed by atoms with Crippen molar-refractivity contribution in [2.45, 2.75) is 118 Å². The van der Waals surface area contributed by atoms with Crippen molar-refractivity contribution < 1.29 is 64.4 Å². The van der Waals surface area contributed by atoms with Crippen molar-refractivity contribution in [2.75, 3.05) is 28.4 Å². The molecular formula is C72H78B2F4N4O8Si2. The summed E-state index contributed by atoms with van der Waals surface area (Å²) in [7, 11) is 1.27. The van der Waals surface area contributed by atoms with E-state index in [-0.39, 0.29) is 51.4 Å². The number of hydrogen-bond acceptors (Lipinski definition) is 8. The van der Waals surface area contributed by atoms with E-state index in [1.54, 1.807) is 0 Å². The van der Waals surface area contributed by atoms with E-state index in [1.165, 1.54) is 46.4 Å². The molecule has 0 saturated heterocycles. The van der Waals surface area contributed by atoms with Crippen molar-refractivity contribution in [1.29, 1.82) is 0 Å². The van der Waals surface area contributed by atoms with E-state index in [2.05, 4.69) is 62.2 Å². The third-order valence-electron chi connectivity index (χ3n) is 17.0. The fourth-order valence-electron chi connectivity index (χ4n) is 12.9. The number of hydrogen-bond donors (Lipinski definition) is 0. The Morgan fingerprint density at radius 2 is 0.696 bits per heavy atom. The van der Waals surface area contributed by atoms with E-state index < -0.39 is 54.0 Å². The fraction of sp³-hybridized carbons (Fsp3) is 0.306. The topological polar surface area (TPSA) is 121 Å². The lowest BCUT2D eigenvalue weighted by Gasteiger charge is -2.33. The van der Waals surface area contributed by atoms with Crippen LogP contribution in [0.5, 0.6) is 0 Å². The van der Waals surface area contributed by atoms with Gasteiger partial charge in [-0.15, -0.1) is 11.1 Å². The minimum absolute atomic E-state index is 0.0282. The van der Waals surface area contributed by atoms with Crippen molar-refractivity contribution in [3.05, 3.63) is 200 Å². The Morgan fingerprint density at radius 3 is 0.967 bits per heavy atom. The van der Waals surface area contributed by atoms with Crippen LogP contribution in [0.15, 0.2) is 155 Å². The minimum Gasteiger partial charge on any atom is -0.469 e. The van der Waals surface area contributed by atoms with E-state index in [4.69, 9.17) is 18.9 Å². The highest BCUT2D eigenvalue weighted by molar-refractivity contribution is 6.84. The van der Waals surface area contributed by atoms with Crippen LogP contribution in [0.1, 0.15) is 97.1 Å². The molecule has 2 aromatic heterocycles. The molecule has 0 spiro atoms. The molecule has 0 atom stereocenters. The zero-order valence-corrected chi connectivity index (χ0v) is 56.9. The SMILES string of the molecule is COC(=O)CCC1=C(C)C(c2ccccc2)=[N+]2C1=C(C#C[Si](C)(C)C)c1c(CCC(=O)OC)c(C)c(-c3ccccc3)n1[B-]2(F)F.COC(=O)CCC1=C(C)C(c2ccccc2)=[N+]2C1=C(C#C[Si](C)(C)C)c1c(CCC(=O)OC)c(C)c(-c3ccccc3)n1[B-]2(F)F. The first-order chi connectivity index (χ1) is 43.6. The first kappa shape index (κ1) is 67.4. The molecule has 0 amide bonds. The smallest absolute Gasteiger partial charge is 0.469 e. The van der Waals surface area contributed by atoms with Crippen molar-refractivity contribution in [3.63, 3.8) is 0 Å². The second-order valence-corrected chi connectivity index (χ2v) is 34.9. The van der Waals surface area contributed by atoms with Gasteiger partial charge < -0.3 is 54.1 Å². The largest absolute Gasteiger partial charge is 0.738 e. The standard InChI is InChI=1S/2C36H39BF2N2O4Si/c2*1-24-28(18-20-31(42)44-3)35-30(22-23-46(5,6)7)36-29(19-21-32(43)45-4)25(2)34(27-16-12-9-13-17-27)41(36)37(38,39)40(35)33(24)26-14-10-8-11-15-26/h2*8-17H,18-21H2,1-7H3. The molecule has 92 heavy (non-hydrogen) atoms. The van der Waals surface area contributed by atoms with Gasteiger partial charge in [0.15, 0.2) is 22.8 Å². The number of aromatic nitrogens is 2. The van der Waals surface area contributed by atoms with Gasteiger partial charge in [0.1, 0.15) is 27.3 Å². The lowest BCUT2D eigenvalue weighted by molar-refractivity contribution is -0.363. The number of esters is 4. The Balaban J connectivity index is 0.000000217. The summed E-state index contributed by atoms with van der Waals surface area (Å²) in [6.07, 6.45) is 0.921. The van der Waals surface area contributed by atoms with Crippen LogP contribution in [-0.4, -0.2) is 112 Å². The van der Waals surface area contributed by atoms with Gasteiger partial charge in [-0.05, 0) is 111 Å². The van der Waals surface area contributed by atoms with Gasteiger partial charge in [0.25, 0.3) is 0 Å². The first-order valence-corrected chi connectivity index (χ1v) is 37.9. The maximum atomic E-state index is 17.8. The molecule has 4 aromatic carbocycles. The highest BCUT2D eigenvalue weighted by Gasteiger charge is 2.60. The lowest BCUT2D eigenvalue weighted by atomic mass is 9.84. The molecule has 20 heteroatoms. The lowest BCUT2D eigenvalue weighted by Crippen LogP contribution is -2.52. The Hall–Kier alpha value is -8.98. The minimum atomic E-state index is -4.51. The Morgan fingerprint density at radius 1 is 0.424 bits per heavy atom. The average Bonchev–Trinajstić information content (AvgIpc) is 1.52. The monoisotopic (exact) mass is 1280 g/mol. The number of allylic oxidation sites excluding steroid dienone is 6. The molecule has 4 aliphatic heterocycles. The predicted molar refractivity (Wildman–Crippen MR) is 362 cm³/mol. The van der Waals surface area contributed by atoms with E-state index in [1.807, 2.05) is 149 Å². The van der Waals surface area contributed by atoms with Gasteiger partial charge in [-0.2, -0.15) is 0 Å². The highest BCUT2D eigenvalue weighted by Crippen LogP contribution is 2.51. The molecule has 12 nitrogen and oxygen atoms in total. The van der Waals surface area contributed by atoms with Crippen LogP contribution in [0.3, 0.4) is 0 Å². The van der Waals surface area contributed by atoms with Crippen LogP contribution >= 0.6 is 0 Å². The summed E-state index contributed by atoms with van der Waals surface area (Å²) in [6, 6.07) is 36.7. The summed E-state index contributed by atoms with van der Waals surface area (Å²) in [5.41, 5.74) is 18.5. The molecule has 0 fully saturated rings. The van der Waals surface area contributed by atoms with Crippen molar-refractivity contribution in [2.24, 2.45) is 0 Å². The number of nitrogens with zero attached hydrogens (tertiary/aromatic N) is 4. The summed E-state index contributed by atoms with van der Waals surface area (Å²) in [4.78, 5) is 49.6. The molecule has 0 unspecified atom stereocenters. The second-order valence-electron chi connectivity index (χ2n) is 25.4. The second kappa shape index (κ2) is 27.1. The van der Waals surface area contributed by atoms with E-state index in [0.29, 0.717) is 124 Å². The average molecular weight is 1280 g/mol. The van der Waals surface area contributed by atoms with Gasteiger partial charge in [-0.25, -0.2) is 0 Å². The van der Waals surface area contributed by atoms with Gasteiger partial charge >= 0.3 is 37.8 Å². The predicted octanol–water partition coefficient (Wildman–Crippen LogP) is 14.4. The molecule has 476 valence electrons. The number of carbonyl (C=O) groups is 4. The zero-order valence-electron chi connectivity index (χ0n) is 54.9. The summed E-state index contributed by atoms with van der Waals surface area (Å²) >= 11 is 0. The normalized spacial score (nSPS) is 15.3. The number of rotatable bonds is 16. The Labute approximate surface area is 539 Å². The first-order valence-electron chi connectivity index (χ1n) is 30.9. The number of ether oxygens (including phenoxy) is 4. The third kappa shape index (κ3) is 13.1. The van der Waals surface area contributed by atoms with Crippen molar-refractivity contribution in [3.8, 4) is 45.4 Å². The van der Waals surface area contributed by atoms with Crippen LogP contribution in [0.2, 0.25) is 39.3 Å². The van der Waals surface area contributed by atoms with E-state index >= 15 is 17.3 Å². The summed E-state index contributed by atoms with van der Waals surface area (Å²) in [6.45, 7) is 11.0. The fourth-order valence-corrected chi connectivity index (χ4v) is 13.9. The van der Waals surface area contributed by atoms with Gasteiger partial charge in [0.2, 0.25) is 0 Å². The van der Waals surface area contributed by atoms with E-state index in [0.717, 1.165) is 0 Å². The number of halogens is 4. The highest BCUT2D eigenvalue weighted by atomic mass is 28.3. The van der Waals surface area contributed by atoms with Crippen LogP contribution in [0, 0.1) is 36.8 Å². The molecule has 0 saturated carbocycles. The molecular weight excluding hydrogens is 1200 g/mol. The summed E-state index contributed by atoms with van der Waals surface area (Å²) in [5, 5.41) is 0. The Kier molecular flexibility index (Phi) is 19.8. The maximum Gasteiger partial charge on any atom is 0.738 e. The molecule has 6 heterocycles. The summed E-state index contributed by atoms with van der Waals surface area (Å²) < 4.78 is 95.7. The molecule has 10 rings (SSSR count). The molecule has 0 N–H and O–H groups in total. The zero-order chi connectivity index (χ0) is 66.8. The number of benzene rings is 4. The van der Waals surface area contributed by atoms with Crippen molar-refractivity contribution in [1.82, 2.24) is 8.96 Å². The molecule has 6 aromatic rings.